The summed E-state index contributed by atoms with van der Waals surface area (Å²) < 4.78 is 42.6. The number of rotatable bonds is 4. The highest BCUT2D eigenvalue weighted by molar-refractivity contribution is 5.79. The number of aromatic nitrogens is 2. The highest BCUT2D eigenvalue weighted by Crippen LogP contribution is 2.31. The molecule has 2 rings (SSSR count). The van der Waals surface area contributed by atoms with E-state index in [0.29, 0.717) is 6.42 Å². The molecule has 0 saturated carbocycles. The summed E-state index contributed by atoms with van der Waals surface area (Å²) in [5.74, 6) is 0.0588. The number of Topliss-reactive ketones (excluding diaryl/α,β-unsaturated/α-hetero) is 1. The normalized spacial score (nSPS) is 11.6. The van der Waals surface area contributed by atoms with Gasteiger partial charge < -0.3 is 4.52 Å². The Hall–Kier alpha value is -2.18. The second-order valence-electron chi connectivity index (χ2n) is 4.16. The van der Waals surface area contributed by atoms with Crippen molar-refractivity contribution in [1.82, 2.24) is 10.1 Å². The third kappa shape index (κ3) is 3.23. The number of nitrogens with zero attached hydrogens (tertiary/aromatic N) is 2. The second-order valence-corrected chi connectivity index (χ2v) is 4.16. The largest absolute Gasteiger partial charge is 0.416 e. The number of hydrogen-bond acceptors (Lipinski definition) is 4. The van der Waals surface area contributed by atoms with Crippen LogP contribution >= 0.6 is 0 Å². The van der Waals surface area contributed by atoms with E-state index in [-0.39, 0.29) is 29.5 Å². The summed E-state index contributed by atoms with van der Waals surface area (Å²) in [6.07, 6.45) is -4.11. The van der Waals surface area contributed by atoms with Crippen LogP contribution in [0.3, 0.4) is 0 Å². The Balaban J connectivity index is 2.26. The number of halogens is 3. The molecular weight excluding hydrogens is 273 g/mol. The maximum atomic E-state index is 12.6. The van der Waals surface area contributed by atoms with Crippen molar-refractivity contribution < 1.29 is 22.5 Å². The lowest BCUT2D eigenvalue weighted by Gasteiger charge is -2.06. The Morgan fingerprint density at radius 3 is 2.75 bits per heavy atom. The average molecular weight is 284 g/mol. The number of benzene rings is 1. The lowest BCUT2D eigenvalue weighted by molar-refractivity contribution is -0.137. The predicted octanol–water partition coefficient (Wildman–Crippen LogP) is 3.28. The molecule has 0 spiro atoms. The van der Waals surface area contributed by atoms with Crippen LogP contribution in [0.25, 0.3) is 11.4 Å². The number of carbonyl (C=O) groups excluding carboxylic acids is 1. The Kier molecular flexibility index (Phi) is 3.87. The molecule has 0 unspecified atom stereocenters. The first kappa shape index (κ1) is 14.2. The molecule has 0 bridgehead atoms. The molecule has 4 nitrogen and oxygen atoms in total. The molecule has 0 aliphatic carbocycles. The van der Waals surface area contributed by atoms with Gasteiger partial charge in [-0.3, -0.25) is 4.79 Å². The van der Waals surface area contributed by atoms with Crippen LogP contribution < -0.4 is 0 Å². The highest BCUT2D eigenvalue weighted by Gasteiger charge is 2.30. The zero-order valence-corrected chi connectivity index (χ0v) is 10.6. The van der Waals surface area contributed by atoms with Crippen LogP contribution in [0.15, 0.2) is 28.8 Å². The van der Waals surface area contributed by atoms with Crippen LogP contribution in [0.4, 0.5) is 13.2 Å². The standard InChI is InChI=1S/C13H11F3N2O2/c1-2-10(19)7-11-17-12(18-20-11)8-4-3-5-9(6-8)13(14,15)16/h3-6H,2,7H2,1H3. The van der Waals surface area contributed by atoms with Crippen LogP contribution in [0, 0.1) is 0 Å². The van der Waals surface area contributed by atoms with Gasteiger partial charge in [0.05, 0.1) is 12.0 Å². The zero-order chi connectivity index (χ0) is 14.8. The summed E-state index contributed by atoms with van der Waals surface area (Å²) >= 11 is 0. The molecule has 20 heavy (non-hydrogen) atoms. The van der Waals surface area contributed by atoms with Crippen LogP contribution in [0.5, 0.6) is 0 Å². The third-order valence-corrected chi connectivity index (χ3v) is 2.66. The number of carbonyl (C=O) groups is 1. The van der Waals surface area contributed by atoms with Gasteiger partial charge in [-0.25, -0.2) is 0 Å². The maximum absolute atomic E-state index is 12.6. The van der Waals surface area contributed by atoms with Gasteiger partial charge in [-0.1, -0.05) is 24.2 Å². The molecule has 0 saturated heterocycles. The van der Waals surface area contributed by atoms with Crippen molar-refractivity contribution in [2.75, 3.05) is 0 Å². The number of hydrogen-bond donors (Lipinski definition) is 0. The lowest BCUT2D eigenvalue weighted by Crippen LogP contribution is -2.04. The molecule has 0 aliphatic heterocycles. The van der Waals surface area contributed by atoms with E-state index in [4.69, 9.17) is 4.52 Å². The van der Waals surface area contributed by atoms with E-state index in [9.17, 15) is 18.0 Å². The van der Waals surface area contributed by atoms with Crippen molar-refractivity contribution in [3.8, 4) is 11.4 Å². The molecule has 0 N–H and O–H groups in total. The molecule has 0 amide bonds. The first-order valence-electron chi connectivity index (χ1n) is 5.92. The first-order valence-corrected chi connectivity index (χ1v) is 5.92. The Bertz CT molecular complexity index is 620. The van der Waals surface area contributed by atoms with Gasteiger partial charge in [0, 0.05) is 12.0 Å². The molecule has 1 aromatic carbocycles. The van der Waals surface area contributed by atoms with Crippen LogP contribution in [-0.4, -0.2) is 15.9 Å². The number of ketones is 1. The fourth-order valence-electron chi connectivity index (χ4n) is 1.57. The molecule has 0 fully saturated rings. The summed E-state index contributed by atoms with van der Waals surface area (Å²) in [6, 6.07) is 4.62. The van der Waals surface area contributed by atoms with Gasteiger partial charge in [0.1, 0.15) is 5.78 Å². The van der Waals surface area contributed by atoms with E-state index in [1.54, 1.807) is 6.92 Å². The SMILES string of the molecule is CCC(=O)Cc1nc(-c2cccc(C(F)(F)F)c2)no1. The average Bonchev–Trinajstić information content (AvgIpc) is 2.86. The monoisotopic (exact) mass is 284 g/mol. The minimum absolute atomic E-state index is 0.0114. The van der Waals surface area contributed by atoms with Crippen molar-refractivity contribution >= 4 is 5.78 Å². The van der Waals surface area contributed by atoms with Crippen molar-refractivity contribution in [1.29, 1.82) is 0 Å². The predicted molar refractivity (Wildman–Crippen MR) is 63.7 cm³/mol. The van der Waals surface area contributed by atoms with Gasteiger partial charge in [0.2, 0.25) is 11.7 Å². The van der Waals surface area contributed by atoms with Crippen molar-refractivity contribution in [2.24, 2.45) is 0 Å². The summed E-state index contributed by atoms with van der Waals surface area (Å²) in [5.41, 5.74) is -0.593. The first-order chi connectivity index (χ1) is 9.40. The smallest absolute Gasteiger partial charge is 0.339 e. The molecular formula is C13H11F3N2O2. The number of alkyl halides is 3. The van der Waals surface area contributed by atoms with E-state index in [1.807, 2.05) is 0 Å². The molecule has 1 aromatic heterocycles. The Labute approximate surface area is 112 Å². The quantitative estimate of drug-likeness (QED) is 0.864. The van der Waals surface area contributed by atoms with Crippen molar-refractivity contribution in [3.63, 3.8) is 0 Å². The van der Waals surface area contributed by atoms with Gasteiger partial charge in [-0.05, 0) is 12.1 Å². The summed E-state index contributed by atoms with van der Waals surface area (Å²) in [4.78, 5) is 15.2. The summed E-state index contributed by atoms with van der Waals surface area (Å²) in [6.45, 7) is 1.70. The molecule has 1 heterocycles. The van der Waals surface area contributed by atoms with Crippen molar-refractivity contribution in [3.05, 3.63) is 35.7 Å². The van der Waals surface area contributed by atoms with Crippen LogP contribution in [-0.2, 0) is 17.4 Å². The second kappa shape index (κ2) is 5.44. The van der Waals surface area contributed by atoms with E-state index >= 15 is 0 Å². The van der Waals surface area contributed by atoms with E-state index in [1.165, 1.54) is 12.1 Å². The Morgan fingerprint density at radius 2 is 2.10 bits per heavy atom. The zero-order valence-electron chi connectivity index (χ0n) is 10.6. The van der Waals surface area contributed by atoms with E-state index in [2.05, 4.69) is 10.1 Å². The summed E-state index contributed by atoms with van der Waals surface area (Å²) in [7, 11) is 0. The van der Waals surface area contributed by atoms with E-state index < -0.39 is 11.7 Å². The van der Waals surface area contributed by atoms with Gasteiger partial charge in [0.25, 0.3) is 0 Å². The topological polar surface area (TPSA) is 56.0 Å². The van der Waals surface area contributed by atoms with Gasteiger partial charge in [0.15, 0.2) is 0 Å². The van der Waals surface area contributed by atoms with Gasteiger partial charge >= 0.3 is 6.18 Å². The van der Waals surface area contributed by atoms with Crippen LogP contribution in [0.1, 0.15) is 24.8 Å². The minimum Gasteiger partial charge on any atom is -0.339 e. The molecule has 106 valence electrons. The fourth-order valence-corrected chi connectivity index (χ4v) is 1.57. The minimum atomic E-state index is -4.43. The van der Waals surface area contributed by atoms with Crippen molar-refractivity contribution in [2.45, 2.75) is 25.9 Å². The van der Waals surface area contributed by atoms with Gasteiger partial charge in [-0.2, -0.15) is 18.2 Å². The van der Waals surface area contributed by atoms with E-state index in [0.717, 1.165) is 12.1 Å². The summed E-state index contributed by atoms with van der Waals surface area (Å²) in [5, 5.41) is 3.59. The van der Waals surface area contributed by atoms with Gasteiger partial charge in [-0.15, -0.1) is 0 Å². The Morgan fingerprint density at radius 1 is 1.35 bits per heavy atom. The maximum Gasteiger partial charge on any atom is 0.416 e. The lowest BCUT2D eigenvalue weighted by atomic mass is 10.1. The van der Waals surface area contributed by atoms with Crippen LogP contribution in [0.2, 0.25) is 0 Å². The molecule has 0 aliphatic rings. The molecule has 0 radical (unpaired) electrons. The fraction of sp³-hybridized carbons (Fsp3) is 0.308. The molecule has 7 heteroatoms. The highest BCUT2D eigenvalue weighted by atomic mass is 19.4. The molecule has 2 aromatic rings. The molecule has 0 atom stereocenters. The third-order valence-electron chi connectivity index (χ3n) is 2.66.